The molecule has 0 aliphatic rings. The Morgan fingerprint density at radius 3 is 2.44 bits per heavy atom. The molecule has 2 aromatic carbocycles. The summed E-state index contributed by atoms with van der Waals surface area (Å²) in [4.78, 5) is 16.7. The van der Waals surface area contributed by atoms with Crippen LogP contribution in [0, 0.1) is 0 Å². The lowest BCUT2D eigenvalue weighted by atomic mass is 9.91. The largest absolute Gasteiger partial charge is 0.462 e. The van der Waals surface area contributed by atoms with Gasteiger partial charge in [-0.25, -0.2) is 9.78 Å². The minimum absolute atomic E-state index is 0.277. The van der Waals surface area contributed by atoms with Crippen molar-refractivity contribution in [3.8, 4) is 22.3 Å². The molecular weight excluding hydrogens is 336 g/mol. The molecule has 0 saturated carbocycles. The minimum atomic E-state index is -0.442. The van der Waals surface area contributed by atoms with E-state index in [0.717, 1.165) is 11.1 Å². The summed E-state index contributed by atoms with van der Waals surface area (Å²) in [5.74, 6) is -0.137. The van der Waals surface area contributed by atoms with Gasteiger partial charge < -0.3 is 10.5 Å². The van der Waals surface area contributed by atoms with Crippen LogP contribution in [0.1, 0.15) is 17.3 Å². The number of esters is 1. The van der Waals surface area contributed by atoms with Crippen LogP contribution in [-0.4, -0.2) is 17.6 Å². The molecule has 3 rings (SSSR count). The van der Waals surface area contributed by atoms with Gasteiger partial charge in [0.25, 0.3) is 0 Å². The summed E-state index contributed by atoms with van der Waals surface area (Å²) >= 11 is 6.38. The number of carbonyl (C=O) groups excluding carboxylic acids is 1. The second-order valence-corrected chi connectivity index (χ2v) is 5.78. The van der Waals surface area contributed by atoms with Crippen LogP contribution in [0.15, 0.2) is 60.8 Å². The predicted octanol–water partition coefficient (Wildman–Crippen LogP) is 4.83. The Kier molecular flexibility index (Phi) is 5.00. The summed E-state index contributed by atoms with van der Waals surface area (Å²) in [6, 6.07) is 16.9. The zero-order valence-electron chi connectivity index (χ0n) is 13.7. The van der Waals surface area contributed by atoms with Gasteiger partial charge in [-0.1, -0.05) is 60.1 Å². The van der Waals surface area contributed by atoms with Gasteiger partial charge in [0.15, 0.2) is 0 Å². The molecule has 0 aliphatic heterocycles. The van der Waals surface area contributed by atoms with E-state index in [1.54, 1.807) is 13.0 Å². The molecule has 0 spiro atoms. The lowest BCUT2D eigenvalue weighted by Gasteiger charge is -2.17. The molecule has 0 fully saturated rings. The van der Waals surface area contributed by atoms with Crippen LogP contribution in [0.5, 0.6) is 0 Å². The number of nitrogen functional groups attached to an aromatic ring is 1. The maximum Gasteiger partial charge on any atom is 0.340 e. The van der Waals surface area contributed by atoms with E-state index in [9.17, 15) is 4.79 Å². The third kappa shape index (κ3) is 3.35. The van der Waals surface area contributed by atoms with Crippen molar-refractivity contribution in [3.05, 3.63) is 71.4 Å². The number of ether oxygens (including phenoxy) is 1. The molecule has 5 heteroatoms. The number of halogens is 1. The Labute approximate surface area is 151 Å². The molecule has 0 saturated heterocycles. The fraction of sp³-hybridized carbons (Fsp3) is 0.100. The third-order valence-electron chi connectivity index (χ3n) is 3.81. The Bertz CT molecular complexity index is 911. The normalized spacial score (nSPS) is 10.5. The van der Waals surface area contributed by atoms with Crippen LogP contribution in [0.3, 0.4) is 0 Å². The highest BCUT2D eigenvalue weighted by molar-refractivity contribution is 6.33. The van der Waals surface area contributed by atoms with E-state index >= 15 is 0 Å². The van der Waals surface area contributed by atoms with Gasteiger partial charge in [0.05, 0.1) is 12.2 Å². The van der Waals surface area contributed by atoms with Crippen molar-refractivity contribution in [2.75, 3.05) is 12.3 Å². The Hall–Kier alpha value is -2.85. The smallest absolute Gasteiger partial charge is 0.340 e. The second kappa shape index (κ2) is 7.36. The van der Waals surface area contributed by atoms with Crippen LogP contribution in [-0.2, 0) is 4.74 Å². The Morgan fingerprint density at radius 2 is 1.76 bits per heavy atom. The highest BCUT2D eigenvalue weighted by atomic mass is 35.5. The van der Waals surface area contributed by atoms with Gasteiger partial charge in [0.2, 0.25) is 0 Å². The Balaban J connectivity index is 2.36. The third-order valence-corrected chi connectivity index (χ3v) is 4.14. The summed E-state index contributed by atoms with van der Waals surface area (Å²) in [5, 5.41) is 0.536. The molecule has 0 unspecified atom stereocenters. The molecule has 0 bridgehead atoms. The summed E-state index contributed by atoms with van der Waals surface area (Å²) in [5.41, 5.74) is 9.40. The molecule has 0 aliphatic carbocycles. The SMILES string of the molecule is CCOC(=O)c1cnc(N)c(-c2ccccc2Cl)c1-c1ccccc1. The number of aromatic nitrogens is 1. The number of benzene rings is 2. The summed E-state index contributed by atoms with van der Waals surface area (Å²) in [7, 11) is 0. The lowest BCUT2D eigenvalue weighted by molar-refractivity contribution is 0.0527. The molecule has 1 aromatic heterocycles. The van der Waals surface area contributed by atoms with Crippen LogP contribution in [0.2, 0.25) is 5.02 Å². The number of nitrogens with zero attached hydrogens (tertiary/aromatic N) is 1. The van der Waals surface area contributed by atoms with Crippen LogP contribution in [0.25, 0.3) is 22.3 Å². The van der Waals surface area contributed by atoms with E-state index in [4.69, 9.17) is 22.1 Å². The monoisotopic (exact) mass is 352 g/mol. The first-order valence-electron chi connectivity index (χ1n) is 7.89. The maximum absolute atomic E-state index is 12.5. The number of anilines is 1. The first-order chi connectivity index (χ1) is 12.1. The molecule has 0 amide bonds. The minimum Gasteiger partial charge on any atom is -0.462 e. The fourth-order valence-electron chi connectivity index (χ4n) is 2.73. The molecule has 0 radical (unpaired) electrons. The number of nitrogens with two attached hydrogens (primary N) is 1. The average Bonchev–Trinajstić information content (AvgIpc) is 2.63. The van der Waals surface area contributed by atoms with Crippen molar-refractivity contribution in [2.45, 2.75) is 6.92 Å². The molecule has 0 atom stereocenters. The van der Waals surface area contributed by atoms with E-state index in [0.29, 0.717) is 27.5 Å². The number of hydrogen-bond acceptors (Lipinski definition) is 4. The van der Waals surface area contributed by atoms with Gasteiger partial charge >= 0.3 is 5.97 Å². The number of pyridine rings is 1. The molecule has 4 nitrogen and oxygen atoms in total. The second-order valence-electron chi connectivity index (χ2n) is 5.37. The first kappa shape index (κ1) is 17.0. The van der Waals surface area contributed by atoms with Gasteiger partial charge in [0, 0.05) is 27.9 Å². The molecule has 2 N–H and O–H groups in total. The van der Waals surface area contributed by atoms with Gasteiger partial charge in [-0.2, -0.15) is 0 Å². The fourth-order valence-corrected chi connectivity index (χ4v) is 2.96. The van der Waals surface area contributed by atoms with Crippen LogP contribution >= 0.6 is 11.6 Å². The number of rotatable bonds is 4. The highest BCUT2D eigenvalue weighted by Gasteiger charge is 2.22. The van der Waals surface area contributed by atoms with Crippen molar-refractivity contribution >= 4 is 23.4 Å². The highest BCUT2D eigenvalue weighted by Crippen LogP contribution is 2.41. The van der Waals surface area contributed by atoms with E-state index in [-0.39, 0.29) is 6.61 Å². The Morgan fingerprint density at radius 1 is 1.08 bits per heavy atom. The van der Waals surface area contributed by atoms with Gasteiger partial charge in [-0.3, -0.25) is 0 Å². The molecule has 126 valence electrons. The first-order valence-corrected chi connectivity index (χ1v) is 8.27. The summed E-state index contributed by atoms with van der Waals surface area (Å²) < 4.78 is 5.20. The van der Waals surface area contributed by atoms with Gasteiger partial charge in [-0.05, 0) is 18.6 Å². The molecule has 1 heterocycles. The van der Waals surface area contributed by atoms with Crippen molar-refractivity contribution in [1.29, 1.82) is 0 Å². The van der Waals surface area contributed by atoms with Crippen molar-refractivity contribution in [2.24, 2.45) is 0 Å². The summed E-state index contributed by atoms with van der Waals surface area (Å²) in [6.07, 6.45) is 1.45. The van der Waals surface area contributed by atoms with E-state index in [1.807, 2.05) is 48.5 Å². The van der Waals surface area contributed by atoms with E-state index < -0.39 is 5.97 Å². The van der Waals surface area contributed by atoms with Crippen LogP contribution < -0.4 is 5.73 Å². The van der Waals surface area contributed by atoms with E-state index in [2.05, 4.69) is 4.98 Å². The number of carbonyl (C=O) groups is 1. The lowest BCUT2D eigenvalue weighted by Crippen LogP contribution is -2.10. The average molecular weight is 353 g/mol. The van der Waals surface area contributed by atoms with Gasteiger partial charge in [0.1, 0.15) is 5.82 Å². The number of hydrogen-bond donors (Lipinski definition) is 1. The molecule has 3 aromatic rings. The predicted molar refractivity (Wildman–Crippen MR) is 100 cm³/mol. The van der Waals surface area contributed by atoms with Crippen molar-refractivity contribution in [1.82, 2.24) is 4.98 Å². The molecular formula is C20H17ClN2O2. The van der Waals surface area contributed by atoms with Crippen molar-refractivity contribution < 1.29 is 9.53 Å². The zero-order valence-corrected chi connectivity index (χ0v) is 14.5. The maximum atomic E-state index is 12.5. The standard InChI is InChI=1S/C20H17ClN2O2/c1-2-25-20(24)15-12-23-19(22)18(14-10-6-7-11-16(14)21)17(15)13-8-4-3-5-9-13/h3-12H,2H2,1H3,(H2,22,23). The van der Waals surface area contributed by atoms with Crippen molar-refractivity contribution in [3.63, 3.8) is 0 Å². The quantitative estimate of drug-likeness (QED) is 0.683. The van der Waals surface area contributed by atoms with Gasteiger partial charge in [-0.15, -0.1) is 0 Å². The van der Waals surface area contributed by atoms with E-state index in [1.165, 1.54) is 6.20 Å². The summed E-state index contributed by atoms with van der Waals surface area (Å²) in [6.45, 7) is 2.04. The molecule has 25 heavy (non-hydrogen) atoms. The topological polar surface area (TPSA) is 65.2 Å². The zero-order chi connectivity index (χ0) is 17.8. The van der Waals surface area contributed by atoms with Crippen LogP contribution in [0.4, 0.5) is 5.82 Å².